The van der Waals surface area contributed by atoms with Crippen molar-refractivity contribution >= 4 is 7.60 Å². The minimum Gasteiger partial charge on any atom is -0.454 e. The Kier molecular flexibility index (Phi) is 6.09. The molecule has 0 bridgehead atoms. The molecule has 1 aromatic carbocycles. The van der Waals surface area contributed by atoms with Crippen LogP contribution < -0.4 is 9.47 Å². The van der Waals surface area contributed by atoms with Gasteiger partial charge in [-0.1, -0.05) is 33.8 Å². The number of benzene rings is 1. The van der Waals surface area contributed by atoms with Crippen molar-refractivity contribution in [1.29, 1.82) is 0 Å². The van der Waals surface area contributed by atoms with Crippen molar-refractivity contribution in [2.24, 2.45) is 11.8 Å². The first kappa shape index (κ1) is 18.3. The van der Waals surface area contributed by atoms with E-state index < -0.39 is 13.4 Å². The molecule has 23 heavy (non-hydrogen) atoms. The van der Waals surface area contributed by atoms with Gasteiger partial charge in [0.05, 0.1) is 13.2 Å². The van der Waals surface area contributed by atoms with Crippen LogP contribution in [0.5, 0.6) is 11.5 Å². The van der Waals surface area contributed by atoms with Crippen molar-refractivity contribution in [3.05, 3.63) is 23.8 Å². The molecule has 0 saturated heterocycles. The predicted molar refractivity (Wildman–Crippen MR) is 86.7 cm³/mol. The van der Waals surface area contributed by atoms with Gasteiger partial charge in [0.25, 0.3) is 0 Å². The van der Waals surface area contributed by atoms with Crippen LogP contribution >= 0.6 is 7.60 Å². The maximum absolute atomic E-state index is 13.1. The van der Waals surface area contributed by atoms with E-state index in [9.17, 15) is 9.67 Å². The zero-order chi connectivity index (χ0) is 17.0. The van der Waals surface area contributed by atoms with Gasteiger partial charge in [-0.15, -0.1) is 0 Å². The van der Waals surface area contributed by atoms with Gasteiger partial charge in [-0.05, 0) is 29.5 Å². The summed E-state index contributed by atoms with van der Waals surface area (Å²) in [6, 6.07) is 4.93. The first-order chi connectivity index (χ1) is 10.8. The molecule has 0 fully saturated rings. The van der Waals surface area contributed by atoms with Gasteiger partial charge in [-0.3, -0.25) is 4.57 Å². The van der Waals surface area contributed by atoms with E-state index in [1.54, 1.807) is 18.2 Å². The second kappa shape index (κ2) is 7.67. The number of hydrogen-bond acceptors (Lipinski definition) is 6. The van der Waals surface area contributed by atoms with Crippen LogP contribution in [0, 0.1) is 11.8 Å². The van der Waals surface area contributed by atoms with Gasteiger partial charge in [0.1, 0.15) is 0 Å². The highest BCUT2D eigenvalue weighted by Gasteiger charge is 2.37. The van der Waals surface area contributed by atoms with Gasteiger partial charge >= 0.3 is 7.60 Å². The van der Waals surface area contributed by atoms with Crippen LogP contribution in [-0.4, -0.2) is 25.1 Å². The van der Waals surface area contributed by atoms with Gasteiger partial charge in [0, 0.05) is 0 Å². The lowest BCUT2D eigenvalue weighted by atomic mass is 10.2. The number of rotatable bonds is 8. The lowest BCUT2D eigenvalue weighted by Crippen LogP contribution is -2.11. The normalized spacial score (nSPS) is 15.4. The summed E-state index contributed by atoms with van der Waals surface area (Å²) >= 11 is 0. The topological polar surface area (TPSA) is 74.2 Å². The number of aliphatic hydroxyl groups excluding tert-OH is 1. The molecule has 1 heterocycles. The van der Waals surface area contributed by atoms with Gasteiger partial charge < -0.3 is 23.6 Å². The van der Waals surface area contributed by atoms with Gasteiger partial charge in [0.15, 0.2) is 17.3 Å². The van der Waals surface area contributed by atoms with Gasteiger partial charge in [-0.25, -0.2) is 0 Å². The molecule has 0 spiro atoms. The fourth-order valence-electron chi connectivity index (χ4n) is 1.94. The summed E-state index contributed by atoms with van der Waals surface area (Å²) in [4.78, 5) is 0. The van der Waals surface area contributed by atoms with Crippen LogP contribution in [0.25, 0.3) is 0 Å². The monoisotopic (exact) mass is 344 g/mol. The average Bonchev–Trinajstić information content (AvgIpc) is 2.97. The predicted octanol–water partition coefficient (Wildman–Crippen LogP) is 3.94. The molecule has 1 aromatic rings. The summed E-state index contributed by atoms with van der Waals surface area (Å²) < 4.78 is 34.6. The van der Waals surface area contributed by atoms with Crippen LogP contribution in [0.4, 0.5) is 0 Å². The second-order valence-corrected chi connectivity index (χ2v) is 8.49. The van der Waals surface area contributed by atoms with E-state index in [2.05, 4.69) is 0 Å². The molecule has 1 aliphatic rings. The first-order valence-electron chi connectivity index (χ1n) is 7.78. The van der Waals surface area contributed by atoms with Crippen LogP contribution in [-0.2, 0) is 13.6 Å². The van der Waals surface area contributed by atoms with Crippen molar-refractivity contribution in [3.8, 4) is 11.5 Å². The maximum Gasteiger partial charge on any atom is 0.363 e. The Balaban J connectivity index is 2.20. The summed E-state index contributed by atoms with van der Waals surface area (Å²) in [5.74, 6) is 0.0992. The maximum atomic E-state index is 13.1. The fourth-order valence-corrected chi connectivity index (χ4v) is 3.84. The SMILES string of the molecule is CC(C)COP(=O)(OCC(C)C)[C@@H](O)c1ccc2c(c1)OCO2. The van der Waals surface area contributed by atoms with Crippen molar-refractivity contribution in [3.63, 3.8) is 0 Å². The Labute approximate surface area is 137 Å². The molecule has 0 unspecified atom stereocenters. The molecular weight excluding hydrogens is 319 g/mol. The van der Waals surface area contributed by atoms with Crippen molar-refractivity contribution in [2.75, 3.05) is 20.0 Å². The third kappa shape index (κ3) is 4.70. The average molecular weight is 344 g/mol. The number of hydrogen-bond donors (Lipinski definition) is 1. The molecule has 7 heteroatoms. The quantitative estimate of drug-likeness (QED) is 0.720. The van der Waals surface area contributed by atoms with Crippen LogP contribution in [0.3, 0.4) is 0 Å². The fraction of sp³-hybridized carbons (Fsp3) is 0.625. The summed E-state index contributed by atoms with van der Waals surface area (Å²) in [5.41, 5.74) is 0.421. The molecule has 0 radical (unpaired) electrons. The van der Waals surface area contributed by atoms with E-state index in [0.29, 0.717) is 17.1 Å². The molecule has 2 rings (SSSR count). The Bertz CT molecular complexity index is 556. The van der Waals surface area contributed by atoms with Crippen LogP contribution in [0.1, 0.15) is 39.1 Å². The second-order valence-electron chi connectivity index (χ2n) is 6.41. The van der Waals surface area contributed by atoms with E-state index in [-0.39, 0.29) is 31.8 Å². The molecular formula is C16H25O6P. The molecule has 1 atom stereocenters. The summed E-state index contributed by atoms with van der Waals surface area (Å²) in [6.07, 6.45) is 0. The van der Waals surface area contributed by atoms with Crippen molar-refractivity contribution < 1.29 is 28.2 Å². The molecule has 130 valence electrons. The van der Waals surface area contributed by atoms with Gasteiger partial charge in [-0.2, -0.15) is 0 Å². The largest absolute Gasteiger partial charge is 0.454 e. The number of ether oxygens (including phenoxy) is 2. The third-order valence-corrected chi connectivity index (χ3v) is 5.09. The highest BCUT2D eigenvalue weighted by Crippen LogP contribution is 2.60. The Morgan fingerprint density at radius 2 is 1.65 bits per heavy atom. The van der Waals surface area contributed by atoms with E-state index >= 15 is 0 Å². The van der Waals surface area contributed by atoms with Crippen LogP contribution in [0.2, 0.25) is 0 Å². The minimum absolute atomic E-state index is 0.139. The molecule has 0 amide bonds. The lowest BCUT2D eigenvalue weighted by molar-refractivity contribution is 0.124. The summed E-state index contributed by atoms with van der Waals surface area (Å²) in [7, 11) is -3.71. The first-order valence-corrected chi connectivity index (χ1v) is 9.39. The van der Waals surface area contributed by atoms with E-state index in [0.717, 1.165) is 0 Å². The number of aliphatic hydroxyl groups is 1. The standard InChI is InChI=1S/C16H25O6P/c1-11(2)8-21-23(18,22-9-12(3)4)16(17)13-5-6-14-15(7-13)20-10-19-14/h5-7,11-12,16-17H,8-10H2,1-4H3/t16-/m1/s1. The number of fused-ring (bicyclic) bond motifs is 1. The zero-order valence-corrected chi connectivity index (χ0v) is 14.9. The van der Waals surface area contributed by atoms with Gasteiger partial charge in [0.2, 0.25) is 6.79 Å². The Morgan fingerprint density at radius 1 is 1.09 bits per heavy atom. The Hall–Kier alpha value is -1.07. The highest BCUT2D eigenvalue weighted by atomic mass is 31.2. The molecule has 0 saturated carbocycles. The van der Waals surface area contributed by atoms with E-state index in [1.807, 2.05) is 27.7 Å². The zero-order valence-electron chi connectivity index (χ0n) is 14.0. The molecule has 1 aliphatic heterocycles. The molecule has 0 aromatic heterocycles. The van der Waals surface area contributed by atoms with E-state index in [4.69, 9.17) is 18.5 Å². The third-order valence-electron chi connectivity index (χ3n) is 3.17. The highest BCUT2D eigenvalue weighted by molar-refractivity contribution is 7.54. The smallest absolute Gasteiger partial charge is 0.363 e. The minimum atomic E-state index is -3.71. The molecule has 1 N–H and O–H groups in total. The molecule has 0 aliphatic carbocycles. The Morgan fingerprint density at radius 3 is 2.22 bits per heavy atom. The van der Waals surface area contributed by atoms with Crippen molar-refractivity contribution in [1.82, 2.24) is 0 Å². The van der Waals surface area contributed by atoms with Crippen molar-refractivity contribution in [2.45, 2.75) is 33.5 Å². The van der Waals surface area contributed by atoms with E-state index in [1.165, 1.54) is 0 Å². The summed E-state index contributed by atoms with van der Waals surface area (Å²) in [5, 5.41) is 10.6. The lowest BCUT2D eigenvalue weighted by Gasteiger charge is -2.25. The van der Waals surface area contributed by atoms with Crippen LogP contribution in [0.15, 0.2) is 18.2 Å². The molecule has 6 nitrogen and oxygen atoms in total. The summed E-state index contributed by atoms with van der Waals surface area (Å²) in [6.45, 7) is 8.41.